The zero-order chi connectivity index (χ0) is 82.0. The monoisotopic (exact) mass is 2250 g/mol. The Kier molecular flexibility index (Phi) is 53.3. The predicted molar refractivity (Wildman–Crippen MR) is 443 cm³/mol. The first-order valence-corrected chi connectivity index (χ1v) is 37.7. The maximum atomic E-state index is 9.76. The molecule has 628 valence electrons. The molecule has 0 bridgehead atoms. The summed E-state index contributed by atoms with van der Waals surface area (Å²) in [5.74, 6) is 0.479. The second kappa shape index (κ2) is 53.8. The van der Waals surface area contributed by atoms with Gasteiger partial charge in [-0.15, -0.1) is 143 Å². The van der Waals surface area contributed by atoms with E-state index in [0.29, 0.717) is 25.7 Å². The Labute approximate surface area is 728 Å². The van der Waals surface area contributed by atoms with Crippen LogP contribution in [-0.4, -0.2) is 130 Å². The quantitative estimate of drug-likeness (QED) is 0.0444. The fraction of sp³-hybridized carbons (Fsp3) is 0.500. The van der Waals surface area contributed by atoms with E-state index >= 15 is 0 Å². The van der Waals surface area contributed by atoms with Gasteiger partial charge in [0.25, 0.3) is 0 Å². The molecule has 8 N–H and O–H groups in total. The molecule has 8 unspecified atom stereocenters. The van der Waals surface area contributed by atoms with Crippen molar-refractivity contribution in [3.05, 3.63) is 218 Å². The molecule has 9 aromatic rings. The number of hydrogen-bond acceptors (Lipinski definition) is 16. The van der Waals surface area contributed by atoms with E-state index in [9.17, 15) is 20.4 Å². The van der Waals surface area contributed by atoms with Crippen molar-refractivity contribution in [2.45, 2.75) is 276 Å². The Morgan fingerprint density at radius 2 is 0.536 bits per heavy atom. The molecule has 4 radical (unpaired) electrons. The van der Waals surface area contributed by atoms with Gasteiger partial charge in [0.2, 0.25) is 0 Å². The summed E-state index contributed by atoms with van der Waals surface area (Å²) in [5.41, 5.74) is 14.1. The molecule has 4 heterocycles. The molecule has 0 spiro atoms. The van der Waals surface area contributed by atoms with Gasteiger partial charge in [0, 0.05) is 131 Å². The van der Waals surface area contributed by atoms with Gasteiger partial charge in [-0.2, -0.15) is 0 Å². The van der Waals surface area contributed by atoms with E-state index in [4.69, 9.17) is 20.4 Å². The average Bonchev–Trinajstić information content (AvgIpc) is 1.06. The molecule has 4 aromatic heterocycles. The summed E-state index contributed by atoms with van der Waals surface area (Å²) in [6.45, 7) is 52.1. The van der Waals surface area contributed by atoms with Crippen molar-refractivity contribution in [2.24, 2.45) is 22.7 Å². The minimum absolute atomic E-state index is 0. The van der Waals surface area contributed by atoms with E-state index in [1.807, 2.05) is 184 Å². The summed E-state index contributed by atoms with van der Waals surface area (Å²) in [5, 5.41) is 72.5. The van der Waals surface area contributed by atoms with Crippen molar-refractivity contribution in [2.75, 3.05) is 0 Å². The maximum absolute atomic E-state index is 9.76. The summed E-state index contributed by atoms with van der Waals surface area (Å²) in [6, 6.07) is 61.0. The first-order valence-electron chi connectivity index (χ1n) is 37.7. The third-order valence-electron chi connectivity index (χ3n) is 16.7. The van der Waals surface area contributed by atoms with E-state index in [0.717, 1.165) is 67.8 Å². The Bertz CT molecular complexity index is 3620. The fourth-order valence-corrected chi connectivity index (χ4v) is 9.44. The second-order valence-electron chi connectivity index (χ2n) is 34.6. The van der Waals surface area contributed by atoms with Crippen molar-refractivity contribution in [1.29, 1.82) is 0 Å². The SMILES string of the molecule is CC(C)(C)C(O)CC(O)C(C)(C)C.CC(C)(C)c1cc(-c2[c-]ccc(-c3ccccc3)c2)ncn1.CC(C)(C)c1cc(-c2[c-]cccc2)ncn1.CC(C)(C)c1cc(-c2[c-]cccc2)ncn1.CC(C)(C)c1cc(-c2[c-]cccc2)ncn1.CC(C)C(O)CC(O)C(C)C.CC(O)CC(C)O.CC(O)CC(C)O.[Ir].[Ir].[Ir].[Ir]. The Balaban J connectivity index is -0.00000123. The van der Waals surface area contributed by atoms with E-state index in [-0.39, 0.29) is 161 Å². The largest absolute Gasteiger partial charge is 0.393 e. The van der Waals surface area contributed by atoms with Crippen molar-refractivity contribution in [1.82, 2.24) is 39.9 Å². The zero-order valence-electron chi connectivity index (χ0n) is 71.3. The topological polar surface area (TPSA) is 265 Å². The Morgan fingerprint density at radius 1 is 0.277 bits per heavy atom. The first kappa shape index (κ1) is 111. The van der Waals surface area contributed by atoms with Gasteiger partial charge in [-0.3, -0.25) is 19.9 Å². The maximum Gasteiger partial charge on any atom is 0.105 e. The number of aliphatic hydroxyl groups is 8. The smallest absolute Gasteiger partial charge is 0.105 e. The van der Waals surface area contributed by atoms with Crippen LogP contribution in [0.25, 0.3) is 56.2 Å². The Morgan fingerprint density at radius 3 is 0.759 bits per heavy atom. The third kappa shape index (κ3) is 45.9. The van der Waals surface area contributed by atoms with Gasteiger partial charge in [0.05, 0.1) is 48.8 Å². The van der Waals surface area contributed by atoms with Crippen LogP contribution in [0.5, 0.6) is 0 Å². The van der Waals surface area contributed by atoms with Crippen LogP contribution in [-0.2, 0) is 102 Å². The number of rotatable bonds is 15. The molecule has 0 saturated carbocycles. The van der Waals surface area contributed by atoms with Crippen LogP contribution in [0.3, 0.4) is 0 Å². The van der Waals surface area contributed by atoms with Crippen LogP contribution >= 0.6 is 0 Å². The summed E-state index contributed by atoms with van der Waals surface area (Å²) in [4.78, 5) is 34.6. The van der Waals surface area contributed by atoms with Gasteiger partial charge in [-0.1, -0.05) is 207 Å². The first-order chi connectivity index (χ1) is 50.0. The molecule has 0 aliphatic heterocycles. The summed E-state index contributed by atoms with van der Waals surface area (Å²) in [6.07, 6.45) is 5.27. The fourth-order valence-electron chi connectivity index (χ4n) is 9.44. The van der Waals surface area contributed by atoms with Crippen LogP contribution < -0.4 is 0 Å². The van der Waals surface area contributed by atoms with Gasteiger partial charge >= 0.3 is 0 Å². The zero-order valence-corrected chi connectivity index (χ0v) is 80.8. The number of hydrogen-bond donors (Lipinski definition) is 8. The van der Waals surface area contributed by atoms with E-state index in [1.54, 1.807) is 53.0 Å². The molecule has 112 heavy (non-hydrogen) atoms. The predicted octanol–water partition coefficient (Wildman–Crippen LogP) is 18.5. The van der Waals surface area contributed by atoms with Crippen molar-refractivity contribution < 1.29 is 121 Å². The van der Waals surface area contributed by atoms with E-state index in [1.165, 1.54) is 11.1 Å². The summed E-state index contributed by atoms with van der Waals surface area (Å²) < 4.78 is 0. The number of aromatic nitrogens is 8. The normalized spacial score (nSPS) is 13.4. The standard InChI is InChI=1S/C20H19N2.3C14H15N2.C11H24O2.C9H20O2.2C5H12O2.4Ir/c1-20(2,3)19-13-18(21-14-22-19)17-11-7-10-16(12-17)15-8-5-4-6-9-15;3*1-14(2,3)13-9-12(15-10-16-13)11-7-5-4-6-8-11;1-10(2,3)8(12)7-9(13)11(4,5)6;1-6(2)8(10)5-9(11)7(3)4;2*1-4(6)3-5(2)7;;;;/h4-10,12-14H,1-3H3;3*4-7,9-10H,1-3H3;8-9,12-13H,7H2,1-6H3;6-11H,5H2,1-4H3;2*4-7H,3H2,1-2H3;;;;/q4*-1;;;;;;;;. The van der Waals surface area contributed by atoms with E-state index < -0.39 is 12.2 Å². The number of aliphatic hydroxyl groups excluding tert-OH is 8. The van der Waals surface area contributed by atoms with Crippen LogP contribution in [0, 0.1) is 46.9 Å². The summed E-state index contributed by atoms with van der Waals surface area (Å²) >= 11 is 0. The molecule has 0 fully saturated rings. The van der Waals surface area contributed by atoms with Crippen LogP contribution in [0.4, 0.5) is 0 Å². The van der Waals surface area contributed by atoms with Gasteiger partial charge < -0.3 is 40.9 Å². The Hall–Kier alpha value is -5.30. The number of benzene rings is 5. The molecule has 0 amide bonds. The molecule has 0 saturated heterocycles. The minimum atomic E-state index is -0.443. The van der Waals surface area contributed by atoms with Gasteiger partial charge in [-0.25, -0.2) is 19.9 Å². The molecule has 5 aromatic carbocycles. The second-order valence-corrected chi connectivity index (χ2v) is 34.6. The molecule has 0 aliphatic carbocycles. The van der Waals surface area contributed by atoms with Gasteiger partial charge in [-0.05, 0) is 98.0 Å². The van der Waals surface area contributed by atoms with E-state index in [2.05, 4.69) is 178 Å². The average molecular weight is 2250 g/mol. The van der Waals surface area contributed by atoms with Crippen LogP contribution in [0.2, 0.25) is 0 Å². The molecule has 8 atom stereocenters. The minimum Gasteiger partial charge on any atom is -0.393 e. The van der Waals surface area contributed by atoms with Gasteiger partial charge in [0.15, 0.2) is 0 Å². The molecule has 0 aliphatic rings. The molecule has 20 heteroatoms. The van der Waals surface area contributed by atoms with Crippen molar-refractivity contribution in [3.63, 3.8) is 0 Å². The number of nitrogens with zero attached hydrogens (tertiary/aromatic N) is 8. The van der Waals surface area contributed by atoms with Crippen LogP contribution in [0.1, 0.15) is 228 Å². The van der Waals surface area contributed by atoms with Gasteiger partial charge in [0.1, 0.15) is 25.3 Å². The molecule has 9 rings (SSSR count). The summed E-state index contributed by atoms with van der Waals surface area (Å²) in [7, 11) is 0. The molecule has 16 nitrogen and oxygen atoms in total. The molecular weight excluding hydrogens is 2110 g/mol. The van der Waals surface area contributed by atoms with Crippen molar-refractivity contribution >= 4 is 0 Å². The van der Waals surface area contributed by atoms with Crippen LogP contribution in [0.15, 0.2) is 171 Å². The van der Waals surface area contributed by atoms with Crippen molar-refractivity contribution in [3.8, 4) is 56.2 Å². The molecular formula is C92H132Ir4N8O8-4. The third-order valence-corrected chi connectivity index (χ3v) is 16.7.